The van der Waals surface area contributed by atoms with Crippen LogP contribution in [0.5, 0.6) is 0 Å². The highest BCUT2D eigenvalue weighted by Crippen LogP contribution is 2.31. The van der Waals surface area contributed by atoms with Crippen molar-refractivity contribution in [1.82, 2.24) is 5.32 Å². The smallest absolute Gasteiger partial charge is 0.237 e. The Balaban J connectivity index is 0.00000242. The second-order valence-corrected chi connectivity index (χ2v) is 7.03. The number of carbonyl (C=O) groups is 1. The molecule has 0 spiro atoms. The van der Waals surface area contributed by atoms with E-state index in [9.17, 15) is 4.79 Å². The maximum atomic E-state index is 12.4. The van der Waals surface area contributed by atoms with Gasteiger partial charge in [0.05, 0.1) is 6.04 Å². The summed E-state index contributed by atoms with van der Waals surface area (Å²) in [6, 6.07) is -0.165. The monoisotopic (exact) mass is 332 g/mol. The van der Waals surface area contributed by atoms with Crippen LogP contribution in [0.2, 0.25) is 0 Å². The summed E-state index contributed by atoms with van der Waals surface area (Å²) in [7, 11) is 0. The van der Waals surface area contributed by atoms with Gasteiger partial charge in [-0.15, -0.1) is 12.4 Å². The molecule has 0 aromatic heterocycles. The highest BCUT2D eigenvalue weighted by atomic mass is 35.5. The van der Waals surface area contributed by atoms with Crippen LogP contribution in [0.1, 0.15) is 58.8 Å². The average molecular weight is 333 g/mol. The van der Waals surface area contributed by atoms with E-state index in [1.165, 1.54) is 32.1 Å². The molecule has 3 N–H and O–H groups in total. The Morgan fingerprint density at radius 3 is 2.23 bits per heavy atom. The fourth-order valence-corrected chi connectivity index (χ4v) is 3.81. The van der Waals surface area contributed by atoms with Crippen molar-refractivity contribution in [3.05, 3.63) is 0 Å². The number of carbonyl (C=O) groups excluding carboxylic acids is 1. The van der Waals surface area contributed by atoms with Crippen LogP contribution in [0.3, 0.4) is 0 Å². The van der Waals surface area contributed by atoms with Gasteiger partial charge in [0, 0.05) is 19.3 Å². The molecule has 22 heavy (non-hydrogen) atoms. The fraction of sp³-hybridized carbons (Fsp3) is 0.941. The van der Waals surface area contributed by atoms with E-state index in [1.54, 1.807) is 0 Å². The van der Waals surface area contributed by atoms with Crippen LogP contribution in [-0.4, -0.2) is 31.2 Å². The van der Waals surface area contributed by atoms with Crippen molar-refractivity contribution >= 4 is 18.3 Å². The molecule has 0 aromatic carbocycles. The van der Waals surface area contributed by atoms with Gasteiger partial charge in [0.25, 0.3) is 0 Å². The van der Waals surface area contributed by atoms with Gasteiger partial charge in [-0.2, -0.15) is 0 Å². The Labute approximate surface area is 141 Å². The SMILES string of the molecule is CC(NC(=O)C(N)C1CCOCC1)C(C)C1CCCCC1.Cl. The second kappa shape index (κ2) is 9.74. The van der Waals surface area contributed by atoms with Gasteiger partial charge in [-0.05, 0) is 37.5 Å². The predicted octanol–water partition coefficient (Wildman–Crippen LogP) is 2.88. The summed E-state index contributed by atoms with van der Waals surface area (Å²) < 4.78 is 5.34. The Morgan fingerprint density at radius 2 is 1.64 bits per heavy atom. The van der Waals surface area contributed by atoms with Gasteiger partial charge in [-0.1, -0.05) is 39.0 Å². The summed E-state index contributed by atoms with van der Waals surface area (Å²) in [5, 5.41) is 3.17. The largest absolute Gasteiger partial charge is 0.381 e. The molecule has 3 atom stereocenters. The molecular formula is C17H33ClN2O2. The molecule has 1 saturated heterocycles. The van der Waals surface area contributed by atoms with Gasteiger partial charge in [-0.25, -0.2) is 0 Å². The van der Waals surface area contributed by atoms with Crippen molar-refractivity contribution < 1.29 is 9.53 Å². The lowest BCUT2D eigenvalue weighted by Gasteiger charge is -2.33. The topological polar surface area (TPSA) is 64.4 Å². The van der Waals surface area contributed by atoms with E-state index in [-0.39, 0.29) is 36.3 Å². The fourth-order valence-electron chi connectivity index (χ4n) is 3.81. The van der Waals surface area contributed by atoms with Crippen molar-refractivity contribution in [1.29, 1.82) is 0 Å². The molecule has 2 rings (SSSR count). The van der Waals surface area contributed by atoms with Crippen molar-refractivity contribution in [2.75, 3.05) is 13.2 Å². The van der Waals surface area contributed by atoms with Crippen molar-refractivity contribution in [3.8, 4) is 0 Å². The van der Waals surface area contributed by atoms with Crippen LogP contribution in [-0.2, 0) is 9.53 Å². The molecule has 1 aliphatic carbocycles. The van der Waals surface area contributed by atoms with E-state index in [1.807, 2.05) is 0 Å². The number of rotatable bonds is 5. The minimum atomic E-state index is -0.380. The summed E-state index contributed by atoms with van der Waals surface area (Å²) in [4.78, 5) is 12.4. The minimum absolute atomic E-state index is 0. The number of hydrogen-bond donors (Lipinski definition) is 2. The van der Waals surface area contributed by atoms with Crippen LogP contribution in [0.15, 0.2) is 0 Å². The first-order chi connectivity index (χ1) is 10.1. The van der Waals surface area contributed by atoms with Crippen LogP contribution < -0.4 is 11.1 Å². The number of halogens is 1. The molecule has 4 nitrogen and oxygen atoms in total. The highest BCUT2D eigenvalue weighted by molar-refractivity contribution is 5.85. The zero-order valence-corrected chi connectivity index (χ0v) is 14.9. The molecule has 1 heterocycles. The highest BCUT2D eigenvalue weighted by Gasteiger charge is 2.30. The molecule has 1 saturated carbocycles. The molecule has 0 aromatic rings. The van der Waals surface area contributed by atoms with E-state index in [4.69, 9.17) is 10.5 Å². The van der Waals surface area contributed by atoms with Gasteiger partial charge < -0.3 is 15.8 Å². The van der Waals surface area contributed by atoms with E-state index in [0.29, 0.717) is 5.92 Å². The summed E-state index contributed by atoms with van der Waals surface area (Å²) in [6.07, 6.45) is 8.50. The number of nitrogens with one attached hydrogen (secondary N) is 1. The van der Waals surface area contributed by atoms with Crippen LogP contribution in [0.4, 0.5) is 0 Å². The number of amides is 1. The van der Waals surface area contributed by atoms with Crippen molar-refractivity contribution in [2.45, 2.75) is 70.9 Å². The van der Waals surface area contributed by atoms with Gasteiger partial charge in [0.15, 0.2) is 0 Å². The second-order valence-electron chi connectivity index (χ2n) is 7.03. The molecule has 1 aliphatic heterocycles. The molecular weight excluding hydrogens is 300 g/mol. The zero-order valence-electron chi connectivity index (χ0n) is 14.1. The normalized spacial score (nSPS) is 24.9. The van der Waals surface area contributed by atoms with E-state index < -0.39 is 0 Å². The number of hydrogen-bond acceptors (Lipinski definition) is 3. The third-order valence-corrected chi connectivity index (χ3v) is 5.63. The average Bonchev–Trinajstić information content (AvgIpc) is 2.55. The van der Waals surface area contributed by atoms with Crippen LogP contribution >= 0.6 is 12.4 Å². The maximum absolute atomic E-state index is 12.4. The van der Waals surface area contributed by atoms with Crippen LogP contribution in [0.25, 0.3) is 0 Å². The molecule has 2 fully saturated rings. The summed E-state index contributed by atoms with van der Waals surface area (Å²) in [5.74, 6) is 1.59. The minimum Gasteiger partial charge on any atom is -0.381 e. The lowest BCUT2D eigenvalue weighted by molar-refractivity contribution is -0.125. The van der Waals surface area contributed by atoms with E-state index in [2.05, 4.69) is 19.2 Å². The Morgan fingerprint density at radius 1 is 1.05 bits per heavy atom. The molecule has 5 heteroatoms. The number of nitrogens with two attached hydrogens (primary N) is 1. The van der Waals surface area contributed by atoms with Gasteiger partial charge in [0.2, 0.25) is 5.91 Å². The maximum Gasteiger partial charge on any atom is 0.237 e. The third kappa shape index (κ3) is 5.39. The van der Waals surface area contributed by atoms with Gasteiger partial charge in [0.1, 0.15) is 0 Å². The lowest BCUT2D eigenvalue weighted by Crippen LogP contribution is -2.51. The standard InChI is InChI=1S/C17H32N2O2.ClH/c1-12(14-6-4-3-5-7-14)13(2)19-17(20)16(18)15-8-10-21-11-9-15;/h12-16H,3-11,18H2,1-2H3,(H,19,20);1H. The molecule has 130 valence electrons. The van der Waals surface area contributed by atoms with E-state index in [0.717, 1.165) is 32.0 Å². The molecule has 1 amide bonds. The number of ether oxygens (including phenoxy) is 1. The summed E-state index contributed by atoms with van der Waals surface area (Å²) in [5.41, 5.74) is 6.15. The quantitative estimate of drug-likeness (QED) is 0.813. The third-order valence-electron chi connectivity index (χ3n) is 5.63. The van der Waals surface area contributed by atoms with Crippen molar-refractivity contribution in [3.63, 3.8) is 0 Å². The summed E-state index contributed by atoms with van der Waals surface area (Å²) >= 11 is 0. The Kier molecular flexibility index (Phi) is 8.73. The first-order valence-corrected chi connectivity index (χ1v) is 8.73. The first kappa shape index (κ1) is 19.7. The molecule has 0 radical (unpaired) electrons. The zero-order chi connectivity index (χ0) is 15.2. The lowest BCUT2D eigenvalue weighted by atomic mass is 9.78. The van der Waals surface area contributed by atoms with E-state index >= 15 is 0 Å². The van der Waals surface area contributed by atoms with Gasteiger partial charge >= 0.3 is 0 Å². The van der Waals surface area contributed by atoms with Gasteiger partial charge in [-0.3, -0.25) is 4.79 Å². The summed E-state index contributed by atoms with van der Waals surface area (Å²) in [6.45, 7) is 5.88. The molecule has 0 bridgehead atoms. The molecule has 2 aliphatic rings. The first-order valence-electron chi connectivity index (χ1n) is 8.73. The molecule has 3 unspecified atom stereocenters. The van der Waals surface area contributed by atoms with Crippen LogP contribution in [0, 0.1) is 17.8 Å². The Bertz CT molecular complexity index is 329. The van der Waals surface area contributed by atoms with Crippen molar-refractivity contribution in [2.24, 2.45) is 23.5 Å². The Hall–Kier alpha value is -0.320. The predicted molar refractivity (Wildman–Crippen MR) is 92.1 cm³/mol.